The molecule has 0 bridgehead atoms. The zero-order valence-corrected chi connectivity index (χ0v) is 16.7. The molecule has 6 nitrogen and oxygen atoms in total. The number of carbonyl (C=O) groups excluding carboxylic acids is 1. The van der Waals surface area contributed by atoms with Crippen LogP contribution in [0.4, 0.5) is 27.5 Å². The smallest absolute Gasteiger partial charge is 0.381 e. The highest BCUT2D eigenvalue weighted by Gasteiger charge is 2.46. The summed E-state index contributed by atoms with van der Waals surface area (Å²) in [5, 5.41) is 14.6. The molecule has 0 spiro atoms. The Morgan fingerprint density at radius 1 is 1.20 bits per heavy atom. The van der Waals surface area contributed by atoms with E-state index in [2.05, 4.69) is 20.8 Å². The Hall–Kier alpha value is -2.27. The normalized spacial score (nSPS) is 18.8. The number of hydrogen-bond donors (Lipinski definition) is 2. The largest absolute Gasteiger partial charge is 0.416 e. The standard InChI is InChI=1S/C19H20F4N4O2S/c20-14-8-12(7-13(9-14)19(21,22)23)18(3-4-18)10-24-16(28)25-17-27-26-15(30-17)11-1-5-29-6-2-11/h7-9,11H,1-6,10H2,(H2,24,25,27,28). The van der Waals surface area contributed by atoms with E-state index < -0.39 is 29.0 Å². The van der Waals surface area contributed by atoms with Gasteiger partial charge in [-0.15, -0.1) is 10.2 Å². The first-order chi connectivity index (χ1) is 14.2. The number of benzene rings is 1. The third kappa shape index (κ3) is 4.72. The molecule has 162 valence electrons. The van der Waals surface area contributed by atoms with Crippen molar-refractivity contribution in [1.82, 2.24) is 15.5 Å². The maximum absolute atomic E-state index is 13.7. The van der Waals surface area contributed by atoms with E-state index in [4.69, 9.17) is 4.74 Å². The van der Waals surface area contributed by atoms with Gasteiger partial charge in [0.15, 0.2) is 0 Å². The molecule has 2 aromatic rings. The summed E-state index contributed by atoms with van der Waals surface area (Å²) in [5.41, 5.74) is -1.47. The first-order valence-corrected chi connectivity index (χ1v) is 10.4. The van der Waals surface area contributed by atoms with Gasteiger partial charge in [0.1, 0.15) is 10.8 Å². The van der Waals surface area contributed by atoms with E-state index in [-0.39, 0.29) is 18.0 Å². The van der Waals surface area contributed by atoms with E-state index in [0.29, 0.717) is 37.3 Å². The van der Waals surface area contributed by atoms with Crippen LogP contribution in [0.5, 0.6) is 0 Å². The van der Waals surface area contributed by atoms with Gasteiger partial charge in [0, 0.05) is 31.1 Å². The van der Waals surface area contributed by atoms with Crippen LogP contribution >= 0.6 is 11.3 Å². The molecule has 2 amide bonds. The van der Waals surface area contributed by atoms with Crippen LogP contribution in [0.1, 0.15) is 47.7 Å². The molecule has 1 aliphatic carbocycles. The van der Waals surface area contributed by atoms with Gasteiger partial charge in [-0.2, -0.15) is 13.2 Å². The van der Waals surface area contributed by atoms with Crippen molar-refractivity contribution in [2.75, 3.05) is 25.1 Å². The molecule has 0 atom stereocenters. The third-order valence-corrected chi connectivity index (χ3v) is 6.51. The highest BCUT2D eigenvalue weighted by Crippen LogP contribution is 2.49. The minimum absolute atomic E-state index is 0.102. The zero-order valence-electron chi connectivity index (χ0n) is 15.9. The molecule has 2 N–H and O–H groups in total. The number of alkyl halides is 3. The molecule has 2 heterocycles. The topological polar surface area (TPSA) is 76.1 Å². The quantitative estimate of drug-likeness (QED) is 0.669. The lowest BCUT2D eigenvalue weighted by molar-refractivity contribution is -0.137. The molecule has 0 radical (unpaired) electrons. The van der Waals surface area contributed by atoms with Crippen LogP contribution in [-0.4, -0.2) is 36.0 Å². The zero-order chi connectivity index (χ0) is 21.4. The van der Waals surface area contributed by atoms with Gasteiger partial charge >= 0.3 is 12.2 Å². The van der Waals surface area contributed by atoms with Crippen LogP contribution in [0.2, 0.25) is 0 Å². The summed E-state index contributed by atoms with van der Waals surface area (Å²) in [6, 6.07) is 2.02. The third-order valence-electron chi connectivity index (χ3n) is 5.51. The van der Waals surface area contributed by atoms with Crippen molar-refractivity contribution >= 4 is 22.5 Å². The van der Waals surface area contributed by atoms with E-state index in [0.717, 1.165) is 30.0 Å². The molecule has 1 saturated heterocycles. The van der Waals surface area contributed by atoms with Crippen molar-refractivity contribution in [2.45, 2.75) is 43.2 Å². The lowest BCUT2D eigenvalue weighted by Gasteiger charge is -2.19. The van der Waals surface area contributed by atoms with Crippen molar-refractivity contribution in [3.63, 3.8) is 0 Å². The first kappa shape index (κ1) is 21.0. The van der Waals surface area contributed by atoms with Crippen LogP contribution in [0.15, 0.2) is 18.2 Å². The average molecular weight is 444 g/mol. The Kier molecular flexibility index (Phi) is 5.67. The Labute approximate surface area is 174 Å². The highest BCUT2D eigenvalue weighted by atomic mass is 32.1. The van der Waals surface area contributed by atoms with Crippen LogP contribution < -0.4 is 10.6 Å². The highest BCUT2D eigenvalue weighted by molar-refractivity contribution is 7.15. The Morgan fingerprint density at radius 2 is 1.93 bits per heavy atom. The minimum Gasteiger partial charge on any atom is -0.381 e. The molecule has 2 fully saturated rings. The Balaban J connectivity index is 1.36. The van der Waals surface area contributed by atoms with Crippen molar-refractivity contribution in [3.8, 4) is 0 Å². The van der Waals surface area contributed by atoms with Crippen molar-refractivity contribution in [2.24, 2.45) is 0 Å². The molecule has 11 heteroatoms. The van der Waals surface area contributed by atoms with Crippen LogP contribution in [-0.2, 0) is 16.3 Å². The van der Waals surface area contributed by atoms with E-state index in [9.17, 15) is 22.4 Å². The summed E-state index contributed by atoms with van der Waals surface area (Å²) in [7, 11) is 0. The molecule has 1 saturated carbocycles. The Morgan fingerprint density at radius 3 is 2.60 bits per heavy atom. The summed E-state index contributed by atoms with van der Waals surface area (Å²) < 4.78 is 58.0. The van der Waals surface area contributed by atoms with Gasteiger partial charge < -0.3 is 10.1 Å². The second kappa shape index (κ2) is 8.10. The van der Waals surface area contributed by atoms with E-state index in [1.165, 1.54) is 11.3 Å². The van der Waals surface area contributed by atoms with E-state index in [1.807, 2.05) is 0 Å². The van der Waals surface area contributed by atoms with Gasteiger partial charge in [-0.25, -0.2) is 9.18 Å². The number of nitrogens with zero attached hydrogens (tertiary/aromatic N) is 2. The van der Waals surface area contributed by atoms with Gasteiger partial charge in [-0.3, -0.25) is 5.32 Å². The second-order valence-electron chi connectivity index (χ2n) is 7.65. The SMILES string of the molecule is O=C(NCC1(c2cc(F)cc(C(F)(F)F)c2)CC1)Nc1nnc(C2CCOCC2)s1. The van der Waals surface area contributed by atoms with Gasteiger partial charge in [0.05, 0.1) is 5.56 Å². The molecule has 2 aliphatic rings. The Bertz CT molecular complexity index is 923. The van der Waals surface area contributed by atoms with Crippen molar-refractivity contribution in [3.05, 3.63) is 40.2 Å². The summed E-state index contributed by atoms with van der Waals surface area (Å²) >= 11 is 1.30. The lowest BCUT2D eigenvalue weighted by Crippen LogP contribution is -2.35. The van der Waals surface area contributed by atoms with Crippen LogP contribution in [0.25, 0.3) is 0 Å². The number of nitrogens with one attached hydrogen (secondary N) is 2. The number of carbonyl (C=O) groups is 1. The van der Waals surface area contributed by atoms with Gasteiger partial charge in [-0.1, -0.05) is 11.3 Å². The first-order valence-electron chi connectivity index (χ1n) is 9.59. The molecule has 30 heavy (non-hydrogen) atoms. The molecule has 0 unspecified atom stereocenters. The van der Waals surface area contributed by atoms with Gasteiger partial charge in [0.2, 0.25) is 5.13 Å². The van der Waals surface area contributed by atoms with Crippen LogP contribution in [0.3, 0.4) is 0 Å². The average Bonchev–Trinajstić information content (AvgIpc) is 3.37. The molecule has 1 aromatic carbocycles. The fraction of sp³-hybridized carbons (Fsp3) is 0.526. The number of amides is 2. The number of anilines is 1. The summed E-state index contributed by atoms with van der Waals surface area (Å²) in [4.78, 5) is 12.2. The van der Waals surface area contributed by atoms with Gasteiger partial charge in [-0.05, 0) is 49.4 Å². The summed E-state index contributed by atoms with van der Waals surface area (Å²) in [5.74, 6) is -0.676. The number of urea groups is 1. The van der Waals surface area contributed by atoms with Gasteiger partial charge in [0.25, 0.3) is 0 Å². The predicted molar refractivity (Wildman–Crippen MR) is 102 cm³/mol. The number of aromatic nitrogens is 2. The molecular weight excluding hydrogens is 424 g/mol. The number of ether oxygens (including phenoxy) is 1. The monoisotopic (exact) mass is 444 g/mol. The van der Waals surface area contributed by atoms with E-state index in [1.54, 1.807) is 0 Å². The molecule has 1 aromatic heterocycles. The van der Waals surface area contributed by atoms with Crippen molar-refractivity contribution < 1.29 is 27.1 Å². The number of halogens is 4. The summed E-state index contributed by atoms with van der Waals surface area (Å²) in [6.07, 6.45) is -1.77. The van der Waals surface area contributed by atoms with Crippen molar-refractivity contribution in [1.29, 1.82) is 0 Å². The fourth-order valence-electron chi connectivity index (χ4n) is 3.56. The lowest BCUT2D eigenvalue weighted by atomic mass is 9.94. The maximum Gasteiger partial charge on any atom is 0.416 e. The minimum atomic E-state index is -4.63. The predicted octanol–water partition coefficient (Wildman–Crippen LogP) is 4.44. The molecule has 1 aliphatic heterocycles. The summed E-state index contributed by atoms with van der Waals surface area (Å²) in [6.45, 7) is 1.45. The molecule has 4 rings (SSSR count). The second-order valence-corrected chi connectivity index (χ2v) is 8.66. The number of rotatable bonds is 5. The maximum atomic E-state index is 13.7. The number of hydrogen-bond acceptors (Lipinski definition) is 5. The van der Waals surface area contributed by atoms with E-state index >= 15 is 0 Å². The van der Waals surface area contributed by atoms with Crippen LogP contribution in [0, 0.1) is 5.82 Å². The molecular formula is C19H20F4N4O2S. The fourth-order valence-corrected chi connectivity index (χ4v) is 4.47.